The first kappa shape index (κ1) is 14.8. The van der Waals surface area contributed by atoms with Gasteiger partial charge >= 0.3 is 0 Å². The second-order valence-corrected chi connectivity index (χ2v) is 5.59. The molecular weight excluding hydrogens is 255 g/mol. The minimum atomic E-state index is -0.321. The van der Waals surface area contributed by atoms with Crippen molar-refractivity contribution in [2.24, 2.45) is 0 Å². The highest BCUT2D eigenvalue weighted by atomic mass is 19.1. The van der Waals surface area contributed by atoms with Gasteiger partial charge in [0, 0.05) is 6.04 Å². The van der Waals surface area contributed by atoms with Crippen molar-refractivity contribution in [3.8, 4) is 0 Å². The smallest absolute Gasteiger partial charge is 0.239 e. The fraction of sp³-hybridized carbons (Fsp3) is 0.562. The molecule has 1 saturated carbocycles. The van der Waals surface area contributed by atoms with Crippen molar-refractivity contribution in [2.45, 2.75) is 51.5 Å². The average molecular weight is 278 g/mol. The van der Waals surface area contributed by atoms with Gasteiger partial charge in [0.05, 0.1) is 12.2 Å². The van der Waals surface area contributed by atoms with E-state index in [1.165, 1.54) is 31.7 Å². The summed E-state index contributed by atoms with van der Waals surface area (Å²) in [4.78, 5) is 11.9. The molecule has 0 aromatic heterocycles. The van der Waals surface area contributed by atoms with E-state index in [-0.39, 0.29) is 24.3 Å². The van der Waals surface area contributed by atoms with Gasteiger partial charge in [0.2, 0.25) is 5.91 Å². The fourth-order valence-corrected chi connectivity index (χ4v) is 2.65. The molecule has 0 atom stereocenters. The zero-order valence-corrected chi connectivity index (χ0v) is 12.0. The van der Waals surface area contributed by atoms with Crippen LogP contribution < -0.4 is 10.6 Å². The van der Waals surface area contributed by atoms with E-state index in [0.29, 0.717) is 5.69 Å². The molecule has 1 aromatic carbocycles. The minimum absolute atomic E-state index is 0.0576. The molecule has 1 aliphatic carbocycles. The van der Waals surface area contributed by atoms with Gasteiger partial charge in [0.25, 0.3) is 0 Å². The number of benzene rings is 1. The molecule has 0 unspecified atom stereocenters. The van der Waals surface area contributed by atoms with E-state index in [9.17, 15) is 9.18 Å². The Morgan fingerprint density at radius 1 is 1.25 bits per heavy atom. The lowest BCUT2D eigenvalue weighted by Gasteiger charge is -2.17. The molecule has 4 heteroatoms. The molecule has 3 nitrogen and oxygen atoms in total. The maximum atomic E-state index is 13.5. The van der Waals surface area contributed by atoms with Crippen molar-refractivity contribution in [1.29, 1.82) is 0 Å². The predicted molar refractivity (Wildman–Crippen MR) is 79.3 cm³/mol. The third-order valence-electron chi connectivity index (χ3n) is 3.78. The molecule has 2 N–H and O–H groups in total. The summed E-state index contributed by atoms with van der Waals surface area (Å²) in [6.45, 7) is 2.02. The lowest BCUT2D eigenvalue weighted by atomic mass is 10.1. The van der Waals surface area contributed by atoms with E-state index >= 15 is 0 Å². The average Bonchev–Trinajstić information content (AvgIpc) is 2.68. The third kappa shape index (κ3) is 4.51. The zero-order valence-electron chi connectivity index (χ0n) is 12.0. The molecule has 0 radical (unpaired) electrons. The molecule has 110 valence electrons. The van der Waals surface area contributed by atoms with Crippen LogP contribution in [0.25, 0.3) is 0 Å². The molecule has 0 saturated heterocycles. The first-order valence-electron chi connectivity index (χ1n) is 7.44. The normalized spacial score (nSPS) is 16.5. The SMILES string of the molecule is Cc1ccc(F)c(NCC(=O)NC2CCCCCC2)c1. The number of carbonyl (C=O) groups is 1. The van der Waals surface area contributed by atoms with Gasteiger partial charge in [0.15, 0.2) is 0 Å². The molecular formula is C16H23FN2O. The minimum Gasteiger partial charge on any atom is -0.374 e. The summed E-state index contributed by atoms with van der Waals surface area (Å²) >= 11 is 0. The van der Waals surface area contributed by atoms with Gasteiger partial charge in [-0.1, -0.05) is 31.7 Å². The molecule has 1 amide bonds. The van der Waals surface area contributed by atoms with Crippen LogP contribution in [0.2, 0.25) is 0 Å². The fourth-order valence-electron chi connectivity index (χ4n) is 2.65. The van der Waals surface area contributed by atoms with Crippen LogP contribution in [-0.2, 0) is 4.79 Å². The number of amides is 1. The molecule has 2 rings (SSSR count). The third-order valence-corrected chi connectivity index (χ3v) is 3.78. The van der Waals surface area contributed by atoms with Gasteiger partial charge in [-0.2, -0.15) is 0 Å². The van der Waals surface area contributed by atoms with Crippen LogP contribution in [0.5, 0.6) is 0 Å². The number of hydrogen-bond donors (Lipinski definition) is 2. The molecule has 0 bridgehead atoms. The van der Waals surface area contributed by atoms with Crippen LogP contribution in [0, 0.1) is 12.7 Å². The Hall–Kier alpha value is -1.58. The summed E-state index contributed by atoms with van der Waals surface area (Å²) in [5.41, 5.74) is 1.36. The standard InChI is InChI=1S/C16H23FN2O/c1-12-8-9-14(17)15(10-12)18-11-16(20)19-13-6-4-2-3-5-7-13/h8-10,13,18H,2-7,11H2,1H3,(H,19,20). The molecule has 1 aromatic rings. The lowest BCUT2D eigenvalue weighted by Crippen LogP contribution is -2.38. The number of anilines is 1. The van der Waals surface area contributed by atoms with Crippen molar-refractivity contribution in [3.05, 3.63) is 29.6 Å². The number of halogens is 1. The number of nitrogens with one attached hydrogen (secondary N) is 2. The van der Waals surface area contributed by atoms with E-state index in [1.54, 1.807) is 12.1 Å². The quantitative estimate of drug-likeness (QED) is 0.829. The Kier molecular flexibility index (Phi) is 5.39. The van der Waals surface area contributed by atoms with Crippen molar-refractivity contribution < 1.29 is 9.18 Å². The van der Waals surface area contributed by atoms with Crippen molar-refractivity contribution in [3.63, 3.8) is 0 Å². The van der Waals surface area contributed by atoms with E-state index in [1.807, 2.05) is 6.92 Å². The van der Waals surface area contributed by atoms with Gasteiger partial charge < -0.3 is 10.6 Å². The molecule has 1 fully saturated rings. The second-order valence-electron chi connectivity index (χ2n) is 5.59. The van der Waals surface area contributed by atoms with Crippen LogP contribution in [0.15, 0.2) is 18.2 Å². The molecule has 20 heavy (non-hydrogen) atoms. The Morgan fingerprint density at radius 2 is 1.95 bits per heavy atom. The van der Waals surface area contributed by atoms with Crippen LogP contribution in [0.1, 0.15) is 44.1 Å². The summed E-state index contributed by atoms with van der Waals surface area (Å²) < 4.78 is 13.5. The van der Waals surface area contributed by atoms with Crippen LogP contribution in [0.4, 0.5) is 10.1 Å². The highest BCUT2D eigenvalue weighted by Gasteiger charge is 2.14. The number of rotatable bonds is 4. The zero-order chi connectivity index (χ0) is 14.4. The van der Waals surface area contributed by atoms with Crippen LogP contribution >= 0.6 is 0 Å². The lowest BCUT2D eigenvalue weighted by molar-refractivity contribution is -0.120. The summed E-state index contributed by atoms with van der Waals surface area (Å²) in [5.74, 6) is -0.379. The maximum absolute atomic E-state index is 13.5. The monoisotopic (exact) mass is 278 g/mol. The van der Waals surface area contributed by atoms with E-state index in [4.69, 9.17) is 0 Å². The Labute approximate surface area is 120 Å². The maximum Gasteiger partial charge on any atom is 0.239 e. The van der Waals surface area contributed by atoms with E-state index < -0.39 is 0 Å². The second kappa shape index (κ2) is 7.27. The summed E-state index contributed by atoms with van der Waals surface area (Å²) in [5, 5.41) is 5.91. The summed E-state index contributed by atoms with van der Waals surface area (Å²) in [7, 11) is 0. The van der Waals surface area contributed by atoms with Crippen molar-refractivity contribution in [2.75, 3.05) is 11.9 Å². The molecule has 0 aliphatic heterocycles. The van der Waals surface area contributed by atoms with Gasteiger partial charge in [-0.25, -0.2) is 4.39 Å². The van der Waals surface area contributed by atoms with Gasteiger partial charge in [-0.3, -0.25) is 4.79 Å². The van der Waals surface area contributed by atoms with E-state index in [2.05, 4.69) is 10.6 Å². The predicted octanol–water partition coefficient (Wildman–Crippen LogP) is 3.39. The number of aryl methyl sites for hydroxylation is 1. The Morgan fingerprint density at radius 3 is 2.65 bits per heavy atom. The topological polar surface area (TPSA) is 41.1 Å². The first-order valence-corrected chi connectivity index (χ1v) is 7.44. The Bertz CT molecular complexity index is 454. The molecule has 0 spiro atoms. The number of carbonyl (C=O) groups excluding carboxylic acids is 1. The van der Waals surface area contributed by atoms with Crippen LogP contribution in [-0.4, -0.2) is 18.5 Å². The van der Waals surface area contributed by atoms with Crippen molar-refractivity contribution in [1.82, 2.24) is 5.32 Å². The van der Waals surface area contributed by atoms with Gasteiger partial charge in [0.1, 0.15) is 5.82 Å². The largest absolute Gasteiger partial charge is 0.374 e. The van der Waals surface area contributed by atoms with E-state index in [0.717, 1.165) is 18.4 Å². The molecule has 0 heterocycles. The Balaban J connectivity index is 1.81. The van der Waals surface area contributed by atoms with Crippen LogP contribution in [0.3, 0.4) is 0 Å². The number of hydrogen-bond acceptors (Lipinski definition) is 2. The summed E-state index contributed by atoms with van der Waals surface area (Å²) in [6, 6.07) is 5.13. The highest BCUT2D eigenvalue weighted by molar-refractivity contribution is 5.81. The highest BCUT2D eigenvalue weighted by Crippen LogP contribution is 2.17. The van der Waals surface area contributed by atoms with Gasteiger partial charge in [-0.15, -0.1) is 0 Å². The summed E-state index contributed by atoms with van der Waals surface area (Å²) in [6.07, 6.45) is 7.02. The van der Waals surface area contributed by atoms with Crippen molar-refractivity contribution >= 4 is 11.6 Å². The van der Waals surface area contributed by atoms with Gasteiger partial charge in [-0.05, 0) is 37.5 Å². The molecule has 1 aliphatic rings. The first-order chi connectivity index (χ1) is 9.65.